The zero-order valence-corrected chi connectivity index (χ0v) is 18.5. The number of aryl methyl sites for hydroxylation is 2. The molecule has 0 aliphatic rings. The molecule has 0 N–H and O–H groups in total. The second kappa shape index (κ2) is 5.33. The maximum Gasteiger partial charge on any atom is 0.116 e. The molecule has 142 valence electrons. The number of hydrogen-bond acceptors (Lipinski definition) is 2. The number of benzene rings is 4. The van der Waals surface area contributed by atoms with E-state index in [4.69, 9.17) is 9.97 Å². The fourth-order valence-electron chi connectivity index (χ4n) is 5.07. The van der Waals surface area contributed by atoms with Gasteiger partial charge < -0.3 is 4.57 Å². The van der Waals surface area contributed by atoms with Crippen molar-refractivity contribution in [3.05, 3.63) is 54.5 Å². The van der Waals surface area contributed by atoms with Crippen LogP contribution in [0.1, 0.15) is 5.69 Å². The number of nitrogens with zero attached hydrogens (tertiary/aromatic N) is 3. The van der Waals surface area contributed by atoms with Crippen LogP contribution in [-0.4, -0.2) is 22.6 Å². The SMILES string of the molecule is Cc1c2c3cc4ccccc4cc3c3ncnc4cc([Si](C)(C)C)c(c2c43)n1C. The lowest BCUT2D eigenvalue weighted by Crippen LogP contribution is -2.39. The molecule has 3 nitrogen and oxygen atoms in total. The Morgan fingerprint density at radius 3 is 2.21 bits per heavy atom. The topological polar surface area (TPSA) is 30.7 Å². The van der Waals surface area contributed by atoms with E-state index in [1.54, 1.807) is 6.33 Å². The predicted molar refractivity (Wildman–Crippen MR) is 127 cm³/mol. The Morgan fingerprint density at radius 2 is 1.52 bits per heavy atom. The highest BCUT2D eigenvalue weighted by Gasteiger charge is 2.27. The van der Waals surface area contributed by atoms with Gasteiger partial charge in [0.2, 0.25) is 0 Å². The van der Waals surface area contributed by atoms with Gasteiger partial charge in [0.15, 0.2) is 0 Å². The first-order valence-corrected chi connectivity index (χ1v) is 13.7. The molecule has 0 saturated carbocycles. The van der Waals surface area contributed by atoms with E-state index in [-0.39, 0.29) is 0 Å². The third-order valence-corrected chi connectivity index (χ3v) is 8.57. The van der Waals surface area contributed by atoms with Crippen LogP contribution in [0, 0.1) is 6.92 Å². The molecule has 2 aromatic heterocycles. The number of aromatic nitrogens is 3. The van der Waals surface area contributed by atoms with Crippen LogP contribution in [0.25, 0.3) is 54.3 Å². The molecule has 0 saturated heterocycles. The average molecular weight is 394 g/mol. The molecule has 0 aliphatic heterocycles. The highest BCUT2D eigenvalue weighted by Crippen LogP contribution is 2.42. The molecule has 2 heterocycles. The number of hydrogen-bond donors (Lipinski definition) is 0. The van der Waals surface area contributed by atoms with Gasteiger partial charge in [-0.05, 0) is 46.5 Å². The van der Waals surface area contributed by atoms with Crippen LogP contribution < -0.4 is 5.19 Å². The van der Waals surface area contributed by atoms with E-state index in [1.165, 1.54) is 54.1 Å². The highest BCUT2D eigenvalue weighted by atomic mass is 28.3. The minimum absolute atomic E-state index is 1.07. The fourth-order valence-corrected chi connectivity index (χ4v) is 6.64. The summed E-state index contributed by atoms with van der Waals surface area (Å²) in [5.41, 5.74) is 4.84. The second-order valence-corrected chi connectivity index (χ2v) is 14.3. The molecule has 4 heteroatoms. The molecule has 29 heavy (non-hydrogen) atoms. The van der Waals surface area contributed by atoms with Crippen LogP contribution >= 0.6 is 0 Å². The Morgan fingerprint density at radius 1 is 0.828 bits per heavy atom. The van der Waals surface area contributed by atoms with Gasteiger partial charge in [-0.1, -0.05) is 43.9 Å². The van der Waals surface area contributed by atoms with E-state index in [2.05, 4.69) is 80.6 Å². The summed E-state index contributed by atoms with van der Waals surface area (Å²) in [6, 6.07) is 15.6. The van der Waals surface area contributed by atoms with E-state index in [0.717, 1.165) is 11.0 Å². The highest BCUT2D eigenvalue weighted by molar-refractivity contribution is 6.90. The maximum absolute atomic E-state index is 4.79. The van der Waals surface area contributed by atoms with Crippen LogP contribution in [0.5, 0.6) is 0 Å². The van der Waals surface area contributed by atoms with E-state index < -0.39 is 8.07 Å². The molecule has 6 aromatic rings. The molecule has 0 aliphatic carbocycles. The van der Waals surface area contributed by atoms with E-state index in [1.807, 2.05) is 0 Å². The van der Waals surface area contributed by atoms with E-state index in [9.17, 15) is 0 Å². The van der Waals surface area contributed by atoms with Gasteiger partial charge in [-0.2, -0.15) is 0 Å². The zero-order chi connectivity index (χ0) is 20.1. The molecular formula is C25H23N3Si. The average Bonchev–Trinajstić information content (AvgIpc) is 2.96. The van der Waals surface area contributed by atoms with Crippen molar-refractivity contribution in [1.82, 2.24) is 14.5 Å². The molecule has 0 fully saturated rings. The molecule has 0 unspecified atom stereocenters. The lowest BCUT2D eigenvalue weighted by atomic mass is 9.94. The molecule has 0 amide bonds. The second-order valence-electron chi connectivity index (χ2n) is 9.28. The van der Waals surface area contributed by atoms with Gasteiger partial charge in [-0.3, -0.25) is 0 Å². The van der Waals surface area contributed by atoms with Crippen molar-refractivity contribution in [2.45, 2.75) is 26.6 Å². The van der Waals surface area contributed by atoms with Gasteiger partial charge in [-0.15, -0.1) is 0 Å². The van der Waals surface area contributed by atoms with Gasteiger partial charge in [0.05, 0.1) is 19.1 Å². The van der Waals surface area contributed by atoms with Crippen molar-refractivity contribution >= 4 is 67.5 Å². The van der Waals surface area contributed by atoms with Crippen molar-refractivity contribution in [1.29, 1.82) is 0 Å². The molecule has 0 radical (unpaired) electrons. The lowest BCUT2D eigenvalue weighted by Gasteiger charge is -2.21. The quantitative estimate of drug-likeness (QED) is 0.199. The van der Waals surface area contributed by atoms with E-state index in [0.29, 0.717) is 0 Å². The summed E-state index contributed by atoms with van der Waals surface area (Å²) >= 11 is 0. The molecule has 6 rings (SSSR count). The minimum atomic E-state index is -1.57. The van der Waals surface area contributed by atoms with Gasteiger partial charge in [-0.25, -0.2) is 9.97 Å². The predicted octanol–water partition coefficient (Wildman–Crippen LogP) is 5.87. The largest absolute Gasteiger partial charge is 0.347 e. The van der Waals surface area contributed by atoms with E-state index >= 15 is 0 Å². The van der Waals surface area contributed by atoms with Crippen molar-refractivity contribution in [2.24, 2.45) is 7.05 Å². The van der Waals surface area contributed by atoms with Crippen LogP contribution in [0.15, 0.2) is 48.8 Å². The normalized spacial score (nSPS) is 13.0. The lowest BCUT2D eigenvalue weighted by molar-refractivity contribution is 0.927. The summed E-state index contributed by atoms with van der Waals surface area (Å²) in [6.07, 6.45) is 1.73. The molecule has 0 bridgehead atoms. The summed E-state index contributed by atoms with van der Waals surface area (Å²) < 4.78 is 2.40. The van der Waals surface area contributed by atoms with Crippen LogP contribution in [0.3, 0.4) is 0 Å². The first-order valence-electron chi connectivity index (χ1n) is 10.2. The monoisotopic (exact) mass is 393 g/mol. The summed E-state index contributed by atoms with van der Waals surface area (Å²) in [4.78, 5) is 9.51. The Kier molecular flexibility index (Phi) is 3.11. The fraction of sp³-hybridized carbons (Fsp3) is 0.200. The summed E-state index contributed by atoms with van der Waals surface area (Å²) in [7, 11) is 0.649. The Balaban J connectivity index is 2.02. The van der Waals surface area contributed by atoms with Crippen molar-refractivity contribution in [2.75, 3.05) is 0 Å². The maximum atomic E-state index is 4.79. The molecule has 0 atom stereocenters. The standard InChI is InChI=1S/C25H23N3Si/c1-14-21-17-10-15-8-6-7-9-16(15)11-18(17)24-22-19(26-13-27-24)12-20(29(3,4)5)25(23(21)22)28(14)2/h6-13H,1-5H3. The van der Waals surface area contributed by atoms with Gasteiger partial charge in [0.1, 0.15) is 6.33 Å². The molecule has 4 aromatic carbocycles. The smallest absolute Gasteiger partial charge is 0.116 e. The number of fused-ring (bicyclic) bond motifs is 4. The zero-order valence-electron chi connectivity index (χ0n) is 17.5. The third-order valence-electron chi connectivity index (χ3n) is 6.57. The van der Waals surface area contributed by atoms with Crippen LogP contribution in [0.4, 0.5) is 0 Å². The first kappa shape index (κ1) is 16.9. The Labute approximate surface area is 170 Å². The van der Waals surface area contributed by atoms with Crippen LogP contribution in [-0.2, 0) is 7.05 Å². The molecular weight excluding hydrogens is 370 g/mol. The van der Waals surface area contributed by atoms with Crippen LogP contribution in [0.2, 0.25) is 19.6 Å². The molecule has 0 spiro atoms. The first-order chi connectivity index (χ1) is 13.9. The minimum Gasteiger partial charge on any atom is -0.347 e. The third kappa shape index (κ3) is 2.07. The summed E-state index contributed by atoms with van der Waals surface area (Å²) in [5.74, 6) is 0. The van der Waals surface area contributed by atoms with Gasteiger partial charge in [0.25, 0.3) is 0 Å². The van der Waals surface area contributed by atoms with Crippen molar-refractivity contribution in [3.8, 4) is 0 Å². The van der Waals surface area contributed by atoms with Crippen molar-refractivity contribution in [3.63, 3.8) is 0 Å². The Hall–Kier alpha value is -2.98. The summed E-state index contributed by atoms with van der Waals surface area (Å²) in [6.45, 7) is 9.52. The van der Waals surface area contributed by atoms with Crippen molar-refractivity contribution < 1.29 is 0 Å². The summed E-state index contributed by atoms with van der Waals surface area (Å²) in [5, 5.41) is 10.4. The van der Waals surface area contributed by atoms with Gasteiger partial charge >= 0.3 is 0 Å². The number of rotatable bonds is 1. The Bertz CT molecular complexity index is 1600. The van der Waals surface area contributed by atoms with Gasteiger partial charge in [0, 0.05) is 39.8 Å².